The number of halogens is 2. The van der Waals surface area contributed by atoms with E-state index < -0.39 is 11.8 Å². The van der Waals surface area contributed by atoms with E-state index in [0.29, 0.717) is 39.6 Å². The lowest BCUT2D eigenvalue weighted by Crippen LogP contribution is -2.38. The molecule has 5 atom stereocenters. The van der Waals surface area contributed by atoms with Gasteiger partial charge in [-0.1, -0.05) is 18.5 Å². The summed E-state index contributed by atoms with van der Waals surface area (Å²) in [7, 11) is 0. The Morgan fingerprint density at radius 3 is 2.45 bits per heavy atom. The summed E-state index contributed by atoms with van der Waals surface area (Å²) >= 11 is 5.90. The fourth-order valence-corrected chi connectivity index (χ4v) is 5.29. The standard InChI is InChI=1S/C24H26ClFN2O3/c1-2-20(28-24(31)13-3-5-15(25)6-4-13)23-18-11-17(12-19(18)23)27-21-8-7-16(26)9-14(21)10-22(29)30/h3-9,17-20,23,27H,2,10-12H2,1H3,(H,28,31)(H,29,30)/t17?,18-,19+,20?,23?. The van der Waals surface area contributed by atoms with E-state index >= 15 is 0 Å². The summed E-state index contributed by atoms with van der Waals surface area (Å²) < 4.78 is 13.5. The minimum absolute atomic E-state index is 0.0761. The average Bonchev–Trinajstić information content (AvgIpc) is 3.21. The second kappa shape index (κ2) is 8.87. The molecule has 2 aliphatic carbocycles. The summed E-state index contributed by atoms with van der Waals surface area (Å²) in [6.45, 7) is 2.09. The van der Waals surface area contributed by atoms with E-state index in [9.17, 15) is 14.0 Å². The van der Waals surface area contributed by atoms with Crippen LogP contribution in [0.15, 0.2) is 42.5 Å². The van der Waals surface area contributed by atoms with Crippen molar-refractivity contribution in [2.75, 3.05) is 5.32 Å². The Kier molecular flexibility index (Phi) is 6.19. The molecule has 0 spiro atoms. The number of hydrogen-bond acceptors (Lipinski definition) is 3. The number of carboxylic acids is 1. The quantitative estimate of drug-likeness (QED) is 0.549. The topological polar surface area (TPSA) is 78.4 Å². The summed E-state index contributed by atoms with van der Waals surface area (Å²) in [5.41, 5.74) is 1.76. The fraction of sp³-hybridized carbons (Fsp3) is 0.417. The van der Waals surface area contributed by atoms with Crippen LogP contribution in [0.2, 0.25) is 5.02 Å². The molecule has 164 valence electrons. The van der Waals surface area contributed by atoms with Gasteiger partial charge in [-0.05, 0) is 85.0 Å². The van der Waals surface area contributed by atoms with E-state index in [2.05, 4.69) is 17.6 Å². The number of benzene rings is 2. The highest BCUT2D eigenvalue weighted by molar-refractivity contribution is 6.30. The number of carboxylic acid groups (broad SMARTS) is 1. The van der Waals surface area contributed by atoms with Gasteiger partial charge in [0, 0.05) is 28.4 Å². The van der Waals surface area contributed by atoms with E-state index in [1.807, 2.05) is 0 Å². The molecule has 2 saturated carbocycles. The molecule has 7 heteroatoms. The number of anilines is 1. The van der Waals surface area contributed by atoms with Crippen molar-refractivity contribution in [2.24, 2.45) is 17.8 Å². The van der Waals surface area contributed by atoms with Gasteiger partial charge in [0.15, 0.2) is 0 Å². The maximum absolute atomic E-state index is 13.5. The third-order valence-electron chi connectivity index (χ3n) is 6.61. The molecule has 2 fully saturated rings. The number of aliphatic carboxylic acids is 1. The minimum atomic E-state index is -0.981. The zero-order valence-corrected chi connectivity index (χ0v) is 18.0. The van der Waals surface area contributed by atoms with Gasteiger partial charge in [0.25, 0.3) is 5.91 Å². The summed E-state index contributed by atoms with van der Waals surface area (Å²) in [4.78, 5) is 23.7. The van der Waals surface area contributed by atoms with Gasteiger partial charge in [0.1, 0.15) is 5.82 Å². The highest BCUT2D eigenvalue weighted by atomic mass is 35.5. The van der Waals surface area contributed by atoms with Crippen LogP contribution < -0.4 is 10.6 Å². The molecule has 0 bridgehead atoms. The molecular weight excluding hydrogens is 419 g/mol. The van der Waals surface area contributed by atoms with Crippen LogP contribution in [0.3, 0.4) is 0 Å². The molecule has 31 heavy (non-hydrogen) atoms. The number of nitrogens with one attached hydrogen (secondary N) is 2. The van der Waals surface area contributed by atoms with Crippen molar-refractivity contribution in [3.05, 3.63) is 64.4 Å². The molecule has 3 unspecified atom stereocenters. The molecule has 0 radical (unpaired) electrons. The lowest BCUT2D eigenvalue weighted by Gasteiger charge is -2.23. The Balaban J connectivity index is 1.34. The second-order valence-corrected chi connectivity index (χ2v) is 9.02. The third-order valence-corrected chi connectivity index (χ3v) is 6.86. The highest BCUT2D eigenvalue weighted by Crippen LogP contribution is 2.59. The van der Waals surface area contributed by atoms with E-state index in [-0.39, 0.29) is 24.4 Å². The third kappa shape index (κ3) is 4.85. The van der Waals surface area contributed by atoms with Crippen LogP contribution in [0.25, 0.3) is 0 Å². The SMILES string of the molecule is CCC(NC(=O)c1ccc(Cl)cc1)C1[C@H]2CC(Nc3ccc(F)cc3CC(=O)O)C[C@@H]12. The zero-order chi connectivity index (χ0) is 22.1. The van der Waals surface area contributed by atoms with Crippen LogP contribution in [0.5, 0.6) is 0 Å². The Bertz CT molecular complexity index is 969. The van der Waals surface area contributed by atoms with Gasteiger partial charge >= 0.3 is 5.97 Å². The number of rotatable bonds is 8. The van der Waals surface area contributed by atoms with E-state index in [1.165, 1.54) is 12.1 Å². The summed E-state index contributed by atoms with van der Waals surface area (Å²) in [5.74, 6) is 0.0510. The molecule has 2 aliphatic rings. The molecule has 2 aromatic carbocycles. The highest BCUT2D eigenvalue weighted by Gasteiger charge is 2.58. The van der Waals surface area contributed by atoms with Gasteiger partial charge in [-0.3, -0.25) is 9.59 Å². The Labute approximate surface area is 186 Å². The van der Waals surface area contributed by atoms with Crippen LogP contribution in [0, 0.1) is 23.6 Å². The number of hydrogen-bond donors (Lipinski definition) is 3. The lowest BCUT2D eigenvalue weighted by molar-refractivity contribution is -0.136. The van der Waals surface area contributed by atoms with Gasteiger partial charge < -0.3 is 15.7 Å². The molecule has 0 aliphatic heterocycles. The second-order valence-electron chi connectivity index (χ2n) is 8.58. The predicted octanol–water partition coefficient (Wildman–Crippen LogP) is 4.75. The monoisotopic (exact) mass is 444 g/mol. The van der Waals surface area contributed by atoms with Crippen molar-refractivity contribution in [3.8, 4) is 0 Å². The van der Waals surface area contributed by atoms with Crippen LogP contribution in [0.4, 0.5) is 10.1 Å². The smallest absolute Gasteiger partial charge is 0.307 e. The van der Waals surface area contributed by atoms with Crippen LogP contribution in [-0.2, 0) is 11.2 Å². The molecule has 0 heterocycles. The van der Waals surface area contributed by atoms with Crippen molar-refractivity contribution in [1.29, 1.82) is 0 Å². The Morgan fingerprint density at radius 1 is 1.16 bits per heavy atom. The van der Waals surface area contributed by atoms with Gasteiger partial charge in [0.05, 0.1) is 6.42 Å². The van der Waals surface area contributed by atoms with E-state index in [0.717, 1.165) is 19.3 Å². The molecule has 1 amide bonds. The van der Waals surface area contributed by atoms with E-state index in [4.69, 9.17) is 16.7 Å². The van der Waals surface area contributed by atoms with Crippen molar-refractivity contribution < 1.29 is 19.1 Å². The molecule has 4 rings (SSSR count). The predicted molar refractivity (Wildman–Crippen MR) is 118 cm³/mol. The zero-order valence-electron chi connectivity index (χ0n) is 17.3. The number of carbonyl (C=O) groups excluding carboxylic acids is 1. The largest absolute Gasteiger partial charge is 0.481 e. The van der Waals surface area contributed by atoms with Gasteiger partial charge in [-0.15, -0.1) is 0 Å². The van der Waals surface area contributed by atoms with Gasteiger partial charge in [-0.25, -0.2) is 4.39 Å². The lowest BCUT2D eigenvalue weighted by atomic mass is 9.98. The minimum Gasteiger partial charge on any atom is -0.481 e. The molecule has 5 nitrogen and oxygen atoms in total. The van der Waals surface area contributed by atoms with Crippen molar-refractivity contribution in [3.63, 3.8) is 0 Å². The number of carbonyl (C=O) groups is 2. The first-order valence-corrected chi connectivity index (χ1v) is 11.1. The number of amides is 1. The molecule has 0 saturated heterocycles. The maximum Gasteiger partial charge on any atom is 0.307 e. The van der Waals surface area contributed by atoms with Gasteiger partial charge in [0.2, 0.25) is 0 Å². The molecular formula is C24H26ClFN2O3. The summed E-state index contributed by atoms with van der Waals surface area (Å²) in [6.07, 6.45) is 2.59. The Morgan fingerprint density at radius 2 is 1.84 bits per heavy atom. The van der Waals surface area contributed by atoms with Crippen LogP contribution >= 0.6 is 11.6 Å². The fourth-order valence-electron chi connectivity index (χ4n) is 5.16. The average molecular weight is 445 g/mol. The van der Waals surface area contributed by atoms with E-state index in [1.54, 1.807) is 30.3 Å². The van der Waals surface area contributed by atoms with Crippen molar-refractivity contribution in [1.82, 2.24) is 5.32 Å². The van der Waals surface area contributed by atoms with Crippen molar-refractivity contribution in [2.45, 2.75) is 44.7 Å². The Hall–Kier alpha value is -2.60. The molecule has 0 aromatic heterocycles. The molecule has 2 aromatic rings. The maximum atomic E-state index is 13.5. The molecule has 3 N–H and O–H groups in total. The first-order valence-electron chi connectivity index (χ1n) is 10.7. The summed E-state index contributed by atoms with van der Waals surface area (Å²) in [5, 5.41) is 16.3. The van der Waals surface area contributed by atoms with Crippen LogP contribution in [0.1, 0.15) is 42.1 Å². The normalized spacial score (nSPS) is 24.9. The summed E-state index contributed by atoms with van der Waals surface area (Å²) in [6, 6.07) is 11.5. The first kappa shape index (κ1) is 21.6. The first-order chi connectivity index (χ1) is 14.9. The number of fused-ring (bicyclic) bond motifs is 1. The van der Waals surface area contributed by atoms with Crippen LogP contribution in [-0.4, -0.2) is 29.1 Å². The van der Waals surface area contributed by atoms with Crippen molar-refractivity contribution >= 4 is 29.2 Å². The van der Waals surface area contributed by atoms with Gasteiger partial charge in [-0.2, -0.15) is 0 Å².